The van der Waals surface area contributed by atoms with E-state index in [1.807, 2.05) is 0 Å². The van der Waals surface area contributed by atoms with Gasteiger partial charge in [-0.15, -0.1) is 0 Å². The summed E-state index contributed by atoms with van der Waals surface area (Å²) in [6, 6.07) is 1.96. The van der Waals surface area contributed by atoms with Crippen LogP contribution in [0.5, 0.6) is 0 Å². The van der Waals surface area contributed by atoms with Crippen molar-refractivity contribution in [3.05, 3.63) is 16.2 Å². The number of rotatable bonds is 2. The van der Waals surface area contributed by atoms with Crippen LogP contribution < -0.4 is 4.90 Å². The number of aryl methyl sites for hydroxylation is 1. The Labute approximate surface area is 136 Å². The first-order valence-electron chi connectivity index (χ1n) is 6.99. The Bertz CT molecular complexity index is 730. The summed E-state index contributed by atoms with van der Waals surface area (Å²) < 4.78 is 12.6. The maximum atomic E-state index is 12.2. The number of ether oxygens (including phenoxy) is 2. The lowest BCUT2D eigenvalue weighted by Gasteiger charge is -2.34. The van der Waals surface area contributed by atoms with Gasteiger partial charge in [0.25, 0.3) is 0 Å². The first kappa shape index (κ1) is 15.2. The average Bonchev–Trinajstić information content (AvgIpc) is 2.81. The van der Waals surface area contributed by atoms with E-state index in [4.69, 9.17) is 9.47 Å². The molecular formula is C14H17BrN4O3. The highest BCUT2D eigenvalue weighted by Gasteiger charge is 2.25. The third kappa shape index (κ3) is 2.46. The van der Waals surface area contributed by atoms with E-state index in [0.29, 0.717) is 34.4 Å². The summed E-state index contributed by atoms with van der Waals surface area (Å²) in [5, 5.41) is 4.29. The van der Waals surface area contributed by atoms with Crippen molar-refractivity contribution in [2.24, 2.45) is 7.05 Å². The van der Waals surface area contributed by atoms with E-state index in [1.165, 1.54) is 7.11 Å². The molecule has 1 saturated heterocycles. The van der Waals surface area contributed by atoms with E-state index in [-0.39, 0.29) is 6.04 Å². The molecule has 0 saturated carbocycles. The van der Waals surface area contributed by atoms with Gasteiger partial charge >= 0.3 is 5.97 Å². The number of nitrogens with zero attached hydrogens (tertiary/aromatic N) is 4. The molecule has 0 N–H and O–H groups in total. The summed E-state index contributed by atoms with van der Waals surface area (Å²) >= 11 is 3.41. The van der Waals surface area contributed by atoms with E-state index in [0.717, 1.165) is 12.4 Å². The fourth-order valence-corrected chi connectivity index (χ4v) is 3.22. The number of anilines is 1. The predicted molar refractivity (Wildman–Crippen MR) is 85.2 cm³/mol. The highest BCUT2D eigenvalue weighted by molar-refractivity contribution is 9.10. The van der Waals surface area contributed by atoms with Crippen molar-refractivity contribution in [2.75, 3.05) is 31.8 Å². The molecular weight excluding hydrogens is 352 g/mol. The van der Waals surface area contributed by atoms with Crippen molar-refractivity contribution < 1.29 is 14.3 Å². The zero-order valence-corrected chi connectivity index (χ0v) is 14.3. The molecule has 1 aliphatic rings. The van der Waals surface area contributed by atoms with Gasteiger partial charge in [-0.3, -0.25) is 4.68 Å². The number of hydrogen-bond acceptors (Lipinski definition) is 6. The van der Waals surface area contributed by atoms with Crippen LogP contribution in [-0.2, 0) is 16.5 Å². The largest absolute Gasteiger partial charge is 0.465 e. The topological polar surface area (TPSA) is 69.5 Å². The van der Waals surface area contributed by atoms with Crippen LogP contribution in [0, 0.1) is 0 Å². The van der Waals surface area contributed by atoms with Crippen LogP contribution in [0.4, 0.5) is 5.82 Å². The van der Waals surface area contributed by atoms with Gasteiger partial charge in [0, 0.05) is 13.6 Å². The number of methoxy groups -OCH3 is 1. The summed E-state index contributed by atoms with van der Waals surface area (Å²) in [5.74, 6) is 0.336. The number of halogens is 1. The molecule has 1 aliphatic heterocycles. The van der Waals surface area contributed by atoms with Crippen LogP contribution in [0.1, 0.15) is 17.3 Å². The Balaban J connectivity index is 2.20. The summed E-state index contributed by atoms with van der Waals surface area (Å²) in [6.45, 7) is 4.09. The van der Waals surface area contributed by atoms with Gasteiger partial charge < -0.3 is 14.4 Å². The lowest BCUT2D eigenvalue weighted by molar-refractivity contribution is 0.0602. The zero-order chi connectivity index (χ0) is 15.9. The number of pyridine rings is 1. The van der Waals surface area contributed by atoms with Crippen molar-refractivity contribution in [1.82, 2.24) is 14.8 Å². The average molecular weight is 369 g/mol. The molecule has 0 bridgehead atoms. The van der Waals surface area contributed by atoms with Crippen molar-refractivity contribution >= 4 is 38.8 Å². The van der Waals surface area contributed by atoms with E-state index >= 15 is 0 Å². The fraction of sp³-hybridized carbons (Fsp3) is 0.500. The quantitative estimate of drug-likeness (QED) is 0.752. The second-order valence-electron chi connectivity index (χ2n) is 5.25. The van der Waals surface area contributed by atoms with Gasteiger partial charge in [-0.1, -0.05) is 0 Å². The highest BCUT2D eigenvalue weighted by Crippen LogP contribution is 2.29. The first-order valence-corrected chi connectivity index (χ1v) is 7.78. The summed E-state index contributed by atoms with van der Waals surface area (Å²) in [4.78, 5) is 19.0. The van der Waals surface area contributed by atoms with Gasteiger partial charge in [-0.05, 0) is 28.9 Å². The summed E-state index contributed by atoms with van der Waals surface area (Å²) in [6.07, 6.45) is 0. The van der Waals surface area contributed by atoms with E-state index in [2.05, 4.69) is 37.8 Å². The number of morpholine rings is 1. The number of carbonyl (C=O) groups is 1. The molecule has 0 unspecified atom stereocenters. The summed E-state index contributed by atoms with van der Waals surface area (Å²) in [7, 11) is 3.15. The van der Waals surface area contributed by atoms with Crippen LogP contribution in [0.25, 0.3) is 11.0 Å². The zero-order valence-electron chi connectivity index (χ0n) is 12.7. The second kappa shape index (κ2) is 5.85. The van der Waals surface area contributed by atoms with Crippen LogP contribution in [0.3, 0.4) is 0 Å². The number of aromatic nitrogens is 3. The van der Waals surface area contributed by atoms with Crippen LogP contribution in [0.2, 0.25) is 0 Å². The molecule has 22 heavy (non-hydrogen) atoms. The van der Waals surface area contributed by atoms with Crippen LogP contribution in [-0.4, -0.2) is 53.6 Å². The highest BCUT2D eigenvalue weighted by atomic mass is 79.9. The summed E-state index contributed by atoms with van der Waals surface area (Å²) in [5.41, 5.74) is 1.77. The lowest BCUT2D eigenvalue weighted by atomic mass is 10.2. The fourth-order valence-electron chi connectivity index (χ4n) is 2.71. The predicted octanol–water partition coefficient (Wildman–Crippen LogP) is 1.74. The van der Waals surface area contributed by atoms with E-state index in [9.17, 15) is 4.79 Å². The molecule has 0 amide bonds. The minimum Gasteiger partial charge on any atom is -0.465 e. The molecule has 3 rings (SSSR count). The molecule has 0 aromatic carbocycles. The van der Waals surface area contributed by atoms with Crippen molar-refractivity contribution in [3.8, 4) is 0 Å². The van der Waals surface area contributed by atoms with Gasteiger partial charge in [0.15, 0.2) is 4.60 Å². The van der Waals surface area contributed by atoms with Crippen molar-refractivity contribution in [1.29, 1.82) is 0 Å². The smallest absolute Gasteiger partial charge is 0.340 e. The van der Waals surface area contributed by atoms with Gasteiger partial charge in [-0.2, -0.15) is 5.10 Å². The van der Waals surface area contributed by atoms with Gasteiger partial charge in [-0.25, -0.2) is 9.78 Å². The van der Waals surface area contributed by atoms with Gasteiger partial charge in [0.05, 0.1) is 31.9 Å². The Morgan fingerprint density at radius 2 is 2.32 bits per heavy atom. The monoisotopic (exact) mass is 368 g/mol. The molecule has 2 aromatic heterocycles. The minimum absolute atomic E-state index is 0.194. The van der Waals surface area contributed by atoms with Gasteiger partial charge in [0.2, 0.25) is 0 Å². The van der Waals surface area contributed by atoms with Crippen LogP contribution in [0.15, 0.2) is 10.7 Å². The maximum absolute atomic E-state index is 12.2. The molecule has 0 aliphatic carbocycles. The SMILES string of the molecule is COC(=O)c1cc(N2CCOC[C@H]2C)nc2c(Br)nn(C)c12. The van der Waals surface area contributed by atoms with Crippen LogP contribution >= 0.6 is 15.9 Å². The Morgan fingerprint density at radius 1 is 1.55 bits per heavy atom. The normalized spacial score (nSPS) is 18.7. The molecule has 7 nitrogen and oxygen atoms in total. The number of fused-ring (bicyclic) bond motifs is 1. The molecule has 2 aromatic rings. The van der Waals surface area contributed by atoms with Crippen molar-refractivity contribution in [2.45, 2.75) is 13.0 Å². The number of esters is 1. The number of carbonyl (C=O) groups excluding carboxylic acids is 1. The van der Waals surface area contributed by atoms with E-state index < -0.39 is 5.97 Å². The molecule has 1 fully saturated rings. The second-order valence-corrected chi connectivity index (χ2v) is 6.00. The lowest BCUT2D eigenvalue weighted by Crippen LogP contribution is -2.44. The minimum atomic E-state index is -0.398. The Morgan fingerprint density at radius 3 is 3.00 bits per heavy atom. The number of hydrogen-bond donors (Lipinski definition) is 0. The van der Waals surface area contributed by atoms with Crippen molar-refractivity contribution in [3.63, 3.8) is 0 Å². The molecule has 0 spiro atoms. The Kier molecular flexibility index (Phi) is 4.05. The molecule has 3 heterocycles. The standard InChI is InChI=1S/C14H17BrN4O3/c1-8-7-22-5-4-19(8)10-6-9(14(20)21-3)12-11(16-10)13(15)17-18(12)2/h6,8H,4-5,7H2,1-3H3/t8-/m1/s1. The maximum Gasteiger partial charge on any atom is 0.340 e. The molecule has 1 atom stereocenters. The van der Waals surface area contributed by atoms with Gasteiger partial charge in [0.1, 0.15) is 16.9 Å². The third-order valence-corrected chi connectivity index (χ3v) is 4.34. The van der Waals surface area contributed by atoms with E-state index in [1.54, 1.807) is 17.8 Å². The first-order chi connectivity index (χ1) is 10.5. The molecule has 8 heteroatoms. The molecule has 118 valence electrons. The third-order valence-electron chi connectivity index (χ3n) is 3.80. The Hall–Kier alpha value is -1.67. The molecule has 0 radical (unpaired) electrons.